The first kappa shape index (κ1) is 24.0. The molecule has 1 saturated carbocycles. The second-order valence-corrected chi connectivity index (χ2v) is 7.54. The normalized spacial score (nSPS) is 14.9. The van der Waals surface area contributed by atoms with E-state index in [1.54, 1.807) is 24.3 Å². The number of carbonyl (C=O) groups is 2. The fourth-order valence-corrected chi connectivity index (χ4v) is 3.26. The lowest BCUT2D eigenvalue weighted by Crippen LogP contribution is -2.43. The third kappa shape index (κ3) is 10.5. The van der Waals surface area contributed by atoms with Gasteiger partial charge in [-0.15, -0.1) is 0 Å². The van der Waals surface area contributed by atoms with Gasteiger partial charge >= 0.3 is 12.2 Å². The molecule has 3 amide bonds. The number of ether oxygens (including phenoxy) is 1. The van der Waals surface area contributed by atoms with Crippen molar-refractivity contribution < 1.29 is 27.5 Å². The summed E-state index contributed by atoms with van der Waals surface area (Å²) in [5, 5.41) is 8.53. The van der Waals surface area contributed by atoms with Crippen LogP contribution in [0, 0.1) is 0 Å². The molecule has 0 unspecified atom stereocenters. The van der Waals surface area contributed by atoms with Crippen molar-refractivity contribution in [3.8, 4) is 0 Å². The summed E-state index contributed by atoms with van der Waals surface area (Å²) in [5.74, 6) is -0.123. The van der Waals surface area contributed by atoms with E-state index in [2.05, 4.69) is 20.7 Å². The number of hydrogen-bond donors (Lipinski definition) is 3. The Balaban J connectivity index is 1.54. The molecule has 0 spiro atoms. The predicted octanol–water partition coefficient (Wildman–Crippen LogP) is 3.79. The van der Waals surface area contributed by atoms with Gasteiger partial charge < -0.3 is 20.7 Å². The van der Waals surface area contributed by atoms with Crippen molar-refractivity contribution >= 4 is 11.9 Å². The third-order valence-corrected chi connectivity index (χ3v) is 4.85. The number of halogens is 3. The molecular formula is C21H30F3N3O3. The summed E-state index contributed by atoms with van der Waals surface area (Å²) in [4.78, 5) is 23.7. The SMILES string of the molecule is O=C(CCCNC(=O)NC1CCCCC1)NCc1ccc(COCC(F)(F)F)cc1. The van der Waals surface area contributed by atoms with Crippen LogP contribution in [0.25, 0.3) is 0 Å². The average Bonchev–Trinajstić information content (AvgIpc) is 2.70. The topological polar surface area (TPSA) is 79.5 Å². The molecule has 0 atom stereocenters. The number of rotatable bonds is 10. The van der Waals surface area contributed by atoms with Crippen molar-refractivity contribution in [3.05, 3.63) is 35.4 Å². The van der Waals surface area contributed by atoms with Gasteiger partial charge in [-0.3, -0.25) is 4.79 Å². The van der Waals surface area contributed by atoms with E-state index < -0.39 is 12.8 Å². The Hall–Kier alpha value is -2.29. The molecule has 0 bridgehead atoms. The zero-order valence-electron chi connectivity index (χ0n) is 17.0. The summed E-state index contributed by atoms with van der Waals surface area (Å²) in [6.07, 6.45) is 2.09. The first-order valence-electron chi connectivity index (χ1n) is 10.4. The van der Waals surface area contributed by atoms with E-state index in [0.29, 0.717) is 31.5 Å². The van der Waals surface area contributed by atoms with E-state index in [4.69, 9.17) is 0 Å². The molecule has 0 aromatic heterocycles. The van der Waals surface area contributed by atoms with E-state index in [0.717, 1.165) is 31.2 Å². The molecule has 3 N–H and O–H groups in total. The molecular weight excluding hydrogens is 399 g/mol. The van der Waals surface area contributed by atoms with E-state index >= 15 is 0 Å². The largest absolute Gasteiger partial charge is 0.411 e. The minimum atomic E-state index is -4.33. The maximum Gasteiger partial charge on any atom is 0.411 e. The highest BCUT2D eigenvalue weighted by atomic mass is 19.4. The molecule has 0 heterocycles. The molecule has 30 heavy (non-hydrogen) atoms. The maximum absolute atomic E-state index is 12.1. The highest BCUT2D eigenvalue weighted by Gasteiger charge is 2.27. The van der Waals surface area contributed by atoms with Gasteiger partial charge in [-0.25, -0.2) is 4.79 Å². The molecule has 0 aliphatic heterocycles. The number of carbonyl (C=O) groups excluding carboxylic acids is 2. The number of nitrogens with one attached hydrogen (secondary N) is 3. The number of benzene rings is 1. The van der Waals surface area contributed by atoms with Crippen LogP contribution in [0.4, 0.5) is 18.0 Å². The van der Waals surface area contributed by atoms with Crippen molar-refractivity contribution in [3.63, 3.8) is 0 Å². The third-order valence-electron chi connectivity index (χ3n) is 4.85. The molecule has 9 heteroatoms. The molecule has 1 aromatic rings. The van der Waals surface area contributed by atoms with Crippen LogP contribution in [-0.2, 0) is 22.7 Å². The Labute approximate surface area is 174 Å². The molecule has 1 fully saturated rings. The Morgan fingerprint density at radius 3 is 2.33 bits per heavy atom. The second kappa shape index (κ2) is 12.4. The number of urea groups is 1. The second-order valence-electron chi connectivity index (χ2n) is 7.54. The summed E-state index contributed by atoms with van der Waals surface area (Å²) in [5.41, 5.74) is 1.47. The summed E-state index contributed by atoms with van der Waals surface area (Å²) in [6, 6.07) is 6.90. The minimum absolute atomic E-state index is 0.118. The Bertz CT molecular complexity index is 660. The molecule has 1 aromatic carbocycles. The van der Waals surface area contributed by atoms with E-state index in [-0.39, 0.29) is 24.6 Å². The van der Waals surface area contributed by atoms with Crippen LogP contribution in [0.5, 0.6) is 0 Å². The molecule has 2 rings (SSSR count). The number of amides is 3. The van der Waals surface area contributed by atoms with Crippen LogP contribution in [0.3, 0.4) is 0 Å². The van der Waals surface area contributed by atoms with Crippen molar-refractivity contribution in [2.45, 2.75) is 70.3 Å². The van der Waals surface area contributed by atoms with Gasteiger partial charge in [0.1, 0.15) is 6.61 Å². The van der Waals surface area contributed by atoms with E-state index in [1.165, 1.54) is 6.42 Å². The monoisotopic (exact) mass is 429 g/mol. The maximum atomic E-state index is 12.1. The lowest BCUT2D eigenvalue weighted by Gasteiger charge is -2.22. The Morgan fingerprint density at radius 1 is 1.00 bits per heavy atom. The van der Waals surface area contributed by atoms with Crippen molar-refractivity contribution in [2.24, 2.45) is 0 Å². The fraction of sp³-hybridized carbons (Fsp3) is 0.619. The predicted molar refractivity (Wildman–Crippen MR) is 107 cm³/mol. The zero-order valence-corrected chi connectivity index (χ0v) is 17.0. The molecule has 168 valence electrons. The molecule has 0 radical (unpaired) electrons. The number of hydrogen-bond acceptors (Lipinski definition) is 3. The summed E-state index contributed by atoms with van der Waals surface area (Å²) in [6.45, 7) is -0.633. The zero-order chi connectivity index (χ0) is 21.8. The standard InChI is InChI=1S/C21H30F3N3O3/c22-21(23,24)15-30-14-17-10-8-16(9-11-17)13-26-19(28)7-4-12-25-20(29)27-18-5-2-1-3-6-18/h8-11,18H,1-7,12-15H2,(H,26,28)(H2,25,27,29). The first-order chi connectivity index (χ1) is 14.3. The quantitative estimate of drug-likeness (QED) is 0.495. The van der Waals surface area contributed by atoms with Crippen LogP contribution < -0.4 is 16.0 Å². The molecule has 1 aliphatic rings. The molecule has 0 saturated heterocycles. The van der Waals surface area contributed by atoms with Gasteiger partial charge in [0.15, 0.2) is 0 Å². The van der Waals surface area contributed by atoms with E-state index in [1.807, 2.05) is 0 Å². The van der Waals surface area contributed by atoms with Gasteiger partial charge in [-0.05, 0) is 30.4 Å². The first-order valence-corrected chi connectivity index (χ1v) is 10.4. The van der Waals surface area contributed by atoms with Crippen molar-refractivity contribution in [1.29, 1.82) is 0 Å². The Morgan fingerprint density at radius 2 is 1.67 bits per heavy atom. The summed E-state index contributed by atoms with van der Waals surface area (Å²) < 4.78 is 40.8. The smallest absolute Gasteiger partial charge is 0.367 e. The number of alkyl halides is 3. The Kier molecular flexibility index (Phi) is 9.93. The minimum Gasteiger partial charge on any atom is -0.367 e. The highest BCUT2D eigenvalue weighted by Crippen LogP contribution is 2.17. The van der Waals surface area contributed by atoms with Crippen LogP contribution in [-0.4, -0.2) is 37.3 Å². The summed E-state index contributed by atoms with van der Waals surface area (Å²) in [7, 11) is 0. The van der Waals surface area contributed by atoms with Crippen LogP contribution in [0.15, 0.2) is 24.3 Å². The lowest BCUT2D eigenvalue weighted by molar-refractivity contribution is -0.176. The van der Waals surface area contributed by atoms with Crippen LogP contribution in [0.2, 0.25) is 0 Å². The molecule has 6 nitrogen and oxygen atoms in total. The van der Waals surface area contributed by atoms with Crippen molar-refractivity contribution in [2.75, 3.05) is 13.2 Å². The van der Waals surface area contributed by atoms with Crippen LogP contribution in [0.1, 0.15) is 56.1 Å². The fourth-order valence-electron chi connectivity index (χ4n) is 3.26. The van der Waals surface area contributed by atoms with Crippen LogP contribution >= 0.6 is 0 Å². The average molecular weight is 429 g/mol. The van der Waals surface area contributed by atoms with Gasteiger partial charge in [-0.2, -0.15) is 13.2 Å². The van der Waals surface area contributed by atoms with Gasteiger partial charge in [0.25, 0.3) is 0 Å². The van der Waals surface area contributed by atoms with Gasteiger partial charge in [-0.1, -0.05) is 43.5 Å². The highest BCUT2D eigenvalue weighted by molar-refractivity contribution is 5.76. The van der Waals surface area contributed by atoms with Crippen molar-refractivity contribution in [1.82, 2.24) is 16.0 Å². The summed E-state index contributed by atoms with van der Waals surface area (Å²) >= 11 is 0. The van der Waals surface area contributed by atoms with Gasteiger partial charge in [0.2, 0.25) is 5.91 Å². The van der Waals surface area contributed by atoms with Gasteiger partial charge in [0.05, 0.1) is 6.61 Å². The van der Waals surface area contributed by atoms with Gasteiger partial charge in [0, 0.05) is 25.6 Å². The molecule has 1 aliphatic carbocycles. The lowest BCUT2D eigenvalue weighted by atomic mass is 9.96. The van der Waals surface area contributed by atoms with E-state index in [9.17, 15) is 22.8 Å².